The van der Waals surface area contributed by atoms with Crippen LogP contribution in [-0.4, -0.2) is 58.0 Å². The molecule has 0 saturated carbocycles. The Morgan fingerprint density at radius 1 is 0.977 bits per heavy atom. The van der Waals surface area contributed by atoms with Crippen molar-refractivity contribution in [2.75, 3.05) is 25.4 Å². The average Bonchev–Trinajstić information content (AvgIpc) is 3.69. The van der Waals surface area contributed by atoms with Gasteiger partial charge < -0.3 is 14.2 Å². The summed E-state index contributed by atoms with van der Waals surface area (Å²) in [5, 5.41) is -0.250. The Morgan fingerprint density at radius 3 is 2.36 bits per heavy atom. The molecular weight excluding hydrogens is 572 g/mol. The number of hydrogen-bond donors (Lipinski definition) is 0. The lowest BCUT2D eigenvalue weighted by molar-refractivity contribution is -0.137. The van der Waals surface area contributed by atoms with Crippen LogP contribution in [0.1, 0.15) is 72.2 Å². The van der Waals surface area contributed by atoms with Crippen molar-refractivity contribution in [2.24, 2.45) is 0 Å². The highest BCUT2D eigenvalue weighted by Crippen LogP contribution is 2.52. The van der Waals surface area contributed by atoms with Crippen LogP contribution in [0.5, 0.6) is 11.5 Å². The molecular formula is C36H42N2O5S. The van der Waals surface area contributed by atoms with E-state index in [0.717, 1.165) is 77.0 Å². The fourth-order valence-electron chi connectivity index (χ4n) is 6.90. The number of fused-ring (bicyclic) bond motifs is 1. The fraction of sp³-hybridized carbons (Fsp3) is 0.444. The summed E-state index contributed by atoms with van der Waals surface area (Å²) in [6.45, 7) is 13.5. The molecule has 2 amide bonds. The highest BCUT2D eigenvalue weighted by atomic mass is 32.2. The van der Waals surface area contributed by atoms with Gasteiger partial charge in [0.1, 0.15) is 23.7 Å². The molecule has 3 aromatic carbocycles. The molecule has 0 spiro atoms. The SMILES string of the molecule is Cc1c(C)c2c(c(C)c1OCc1ccccc1)C(CN1CCC[C@H]1COC(c1ccccc1)N1C(=O)CSC1=O)C(C)(C)O2. The smallest absolute Gasteiger partial charge is 0.291 e. The minimum absolute atomic E-state index is 0.138. The third-order valence-corrected chi connectivity index (χ3v) is 10.3. The minimum atomic E-state index is -0.724. The molecule has 7 nitrogen and oxygen atoms in total. The molecule has 232 valence electrons. The molecule has 0 aromatic heterocycles. The van der Waals surface area contributed by atoms with E-state index in [1.54, 1.807) is 0 Å². The summed E-state index contributed by atoms with van der Waals surface area (Å²) in [6, 6.07) is 20.0. The summed E-state index contributed by atoms with van der Waals surface area (Å²) < 4.78 is 19.7. The second-order valence-electron chi connectivity index (χ2n) is 12.7. The first-order chi connectivity index (χ1) is 21.2. The Balaban J connectivity index is 1.23. The molecule has 0 bridgehead atoms. The zero-order valence-electron chi connectivity index (χ0n) is 26.3. The van der Waals surface area contributed by atoms with E-state index in [9.17, 15) is 9.59 Å². The Labute approximate surface area is 264 Å². The first-order valence-corrected chi connectivity index (χ1v) is 16.5. The van der Waals surface area contributed by atoms with Gasteiger partial charge in [0.05, 0.1) is 12.4 Å². The lowest BCUT2D eigenvalue weighted by Gasteiger charge is -2.34. The minimum Gasteiger partial charge on any atom is -0.488 e. The van der Waals surface area contributed by atoms with Gasteiger partial charge in [-0.2, -0.15) is 0 Å². The Morgan fingerprint density at radius 2 is 1.68 bits per heavy atom. The van der Waals surface area contributed by atoms with Crippen molar-refractivity contribution < 1.29 is 23.8 Å². The summed E-state index contributed by atoms with van der Waals surface area (Å²) in [5.74, 6) is 2.03. The van der Waals surface area contributed by atoms with Crippen molar-refractivity contribution in [1.29, 1.82) is 0 Å². The highest BCUT2D eigenvalue weighted by molar-refractivity contribution is 8.14. The number of carbonyl (C=O) groups excluding carboxylic acids is 2. The van der Waals surface area contributed by atoms with E-state index in [1.165, 1.54) is 10.5 Å². The molecule has 3 heterocycles. The first kappa shape index (κ1) is 30.7. The Hall–Kier alpha value is -3.33. The van der Waals surface area contributed by atoms with Crippen LogP contribution in [0.3, 0.4) is 0 Å². The zero-order valence-corrected chi connectivity index (χ0v) is 27.1. The number of rotatable bonds is 10. The van der Waals surface area contributed by atoms with E-state index in [1.807, 2.05) is 48.5 Å². The summed E-state index contributed by atoms with van der Waals surface area (Å²) in [6.07, 6.45) is 1.34. The average molecular weight is 615 g/mol. The van der Waals surface area contributed by atoms with Crippen LogP contribution in [0.25, 0.3) is 0 Å². The van der Waals surface area contributed by atoms with Crippen LogP contribution in [0.4, 0.5) is 4.79 Å². The summed E-state index contributed by atoms with van der Waals surface area (Å²) in [4.78, 5) is 29.2. The monoisotopic (exact) mass is 614 g/mol. The van der Waals surface area contributed by atoms with Gasteiger partial charge >= 0.3 is 0 Å². The maximum Gasteiger partial charge on any atom is 0.291 e. The third kappa shape index (κ3) is 5.87. The predicted octanol–water partition coefficient (Wildman–Crippen LogP) is 7.32. The largest absolute Gasteiger partial charge is 0.488 e. The number of imide groups is 1. The van der Waals surface area contributed by atoms with Gasteiger partial charge in [-0.25, -0.2) is 4.90 Å². The molecule has 0 aliphatic carbocycles. The quantitative estimate of drug-likeness (QED) is 0.237. The number of carbonyl (C=O) groups is 2. The van der Waals surface area contributed by atoms with Crippen LogP contribution in [0, 0.1) is 20.8 Å². The van der Waals surface area contributed by atoms with Gasteiger partial charge in [-0.3, -0.25) is 14.5 Å². The number of benzene rings is 3. The number of likely N-dealkylation sites (tertiary alicyclic amines) is 1. The van der Waals surface area contributed by atoms with Gasteiger partial charge in [0.25, 0.3) is 5.24 Å². The molecule has 0 radical (unpaired) electrons. The van der Waals surface area contributed by atoms with Gasteiger partial charge in [0.2, 0.25) is 5.91 Å². The molecule has 8 heteroatoms. The standard InChI is InChI=1S/C36H42N2O5S/c1-23-24(2)33-31(25(3)32(23)41-20-26-13-8-6-9-14-26)29(36(4,5)43-33)19-37-18-12-17-28(37)21-42-34(27-15-10-7-11-16-27)38-30(39)22-44-35(38)40/h6-11,13-16,28-29,34H,12,17-22H2,1-5H3/t28-,29?,34?/m0/s1. The van der Waals surface area contributed by atoms with Crippen LogP contribution in [0.15, 0.2) is 60.7 Å². The summed E-state index contributed by atoms with van der Waals surface area (Å²) in [7, 11) is 0. The molecule has 3 atom stereocenters. The number of ether oxygens (including phenoxy) is 3. The van der Waals surface area contributed by atoms with Crippen molar-refractivity contribution in [3.63, 3.8) is 0 Å². The lowest BCUT2D eigenvalue weighted by atomic mass is 9.82. The molecule has 0 N–H and O–H groups in total. The third-order valence-electron chi connectivity index (χ3n) is 9.48. The molecule has 2 unspecified atom stereocenters. The van der Waals surface area contributed by atoms with Gasteiger partial charge in [0.15, 0.2) is 6.23 Å². The van der Waals surface area contributed by atoms with Crippen molar-refractivity contribution in [1.82, 2.24) is 9.80 Å². The topological polar surface area (TPSA) is 68.3 Å². The lowest BCUT2D eigenvalue weighted by Crippen LogP contribution is -2.43. The summed E-state index contributed by atoms with van der Waals surface area (Å²) in [5.41, 5.74) is 6.20. The second kappa shape index (κ2) is 12.6. The second-order valence-corrected chi connectivity index (χ2v) is 13.6. The van der Waals surface area contributed by atoms with Crippen LogP contribution in [0.2, 0.25) is 0 Å². The maximum absolute atomic E-state index is 12.7. The van der Waals surface area contributed by atoms with Crippen LogP contribution >= 0.6 is 11.8 Å². The number of thioether (sulfide) groups is 1. The van der Waals surface area contributed by atoms with Gasteiger partial charge in [-0.1, -0.05) is 72.4 Å². The Bertz CT molecular complexity index is 1510. The maximum atomic E-state index is 12.7. The van der Waals surface area contributed by atoms with E-state index < -0.39 is 11.8 Å². The predicted molar refractivity (Wildman–Crippen MR) is 173 cm³/mol. The zero-order chi connectivity index (χ0) is 31.0. The van der Waals surface area contributed by atoms with Crippen molar-refractivity contribution in [2.45, 2.75) is 77.9 Å². The van der Waals surface area contributed by atoms with E-state index in [2.05, 4.69) is 51.7 Å². The van der Waals surface area contributed by atoms with E-state index in [-0.39, 0.29) is 28.9 Å². The van der Waals surface area contributed by atoms with E-state index >= 15 is 0 Å². The van der Waals surface area contributed by atoms with Crippen LogP contribution in [-0.2, 0) is 16.1 Å². The molecule has 44 heavy (non-hydrogen) atoms. The van der Waals surface area contributed by atoms with Gasteiger partial charge in [-0.05, 0) is 76.3 Å². The Kier molecular flexibility index (Phi) is 8.77. The molecule has 2 fully saturated rings. The number of hydrogen-bond acceptors (Lipinski definition) is 7. The van der Waals surface area contributed by atoms with Crippen LogP contribution < -0.4 is 9.47 Å². The molecule has 2 saturated heterocycles. The van der Waals surface area contributed by atoms with Crippen molar-refractivity contribution in [3.05, 3.63) is 94.0 Å². The summed E-state index contributed by atoms with van der Waals surface area (Å²) >= 11 is 1.04. The van der Waals surface area contributed by atoms with Gasteiger partial charge in [0, 0.05) is 29.6 Å². The van der Waals surface area contributed by atoms with Crippen molar-refractivity contribution in [3.8, 4) is 11.5 Å². The van der Waals surface area contributed by atoms with E-state index in [0.29, 0.717) is 13.2 Å². The normalized spacial score (nSPS) is 21.9. The molecule has 6 rings (SSSR count). The molecule has 3 aliphatic rings. The molecule has 3 aromatic rings. The number of amides is 2. The first-order valence-electron chi connectivity index (χ1n) is 15.5. The fourth-order valence-corrected chi connectivity index (χ4v) is 7.62. The number of nitrogens with zero attached hydrogens (tertiary/aromatic N) is 2. The van der Waals surface area contributed by atoms with E-state index in [4.69, 9.17) is 14.2 Å². The highest BCUT2D eigenvalue weighted by Gasteiger charge is 2.46. The molecule has 3 aliphatic heterocycles. The van der Waals surface area contributed by atoms with Gasteiger partial charge in [-0.15, -0.1) is 0 Å². The van der Waals surface area contributed by atoms with Crippen molar-refractivity contribution >= 4 is 22.9 Å².